The minimum atomic E-state index is -0.108. The van der Waals surface area contributed by atoms with Crippen LogP contribution in [0.3, 0.4) is 0 Å². The van der Waals surface area contributed by atoms with Gasteiger partial charge in [0.2, 0.25) is 0 Å². The fraction of sp³-hybridized carbons (Fsp3) is 0.459. The minimum Gasteiger partial charge on any atom is -0.100 e. The Balaban J connectivity index is 1.99. The maximum absolute atomic E-state index is 4.05. The molecule has 0 fully saturated rings. The molecule has 0 aromatic heterocycles. The Morgan fingerprint density at radius 2 is 1.05 bits per heavy atom. The van der Waals surface area contributed by atoms with Crippen molar-refractivity contribution in [1.29, 1.82) is 0 Å². The standard InChI is InChI=1S/C37H50/c1-28(2)13-10-14-29-19-21-30(22-20-29)27-37(9,33-17-11-15-31(23-33)25-35(3,4)5)34-18-12-16-32(24-34)26-36(6,7)8/h11-12,15-24H,1,10,13-14,25-27H2,2-9H3. The van der Waals surface area contributed by atoms with Gasteiger partial charge in [-0.1, -0.05) is 127 Å². The van der Waals surface area contributed by atoms with E-state index in [1.807, 2.05) is 0 Å². The van der Waals surface area contributed by atoms with Crippen LogP contribution >= 0.6 is 0 Å². The maximum atomic E-state index is 4.05. The van der Waals surface area contributed by atoms with E-state index in [2.05, 4.69) is 135 Å². The summed E-state index contributed by atoms with van der Waals surface area (Å²) in [6.07, 6.45) is 6.55. The van der Waals surface area contributed by atoms with Gasteiger partial charge >= 0.3 is 0 Å². The van der Waals surface area contributed by atoms with E-state index in [9.17, 15) is 0 Å². The van der Waals surface area contributed by atoms with Crippen molar-refractivity contribution in [2.75, 3.05) is 0 Å². The number of hydrogen-bond donors (Lipinski definition) is 0. The number of aryl methyl sites for hydroxylation is 1. The molecule has 0 N–H and O–H groups in total. The van der Waals surface area contributed by atoms with Crippen LogP contribution in [0.15, 0.2) is 84.9 Å². The summed E-state index contributed by atoms with van der Waals surface area (Å²) in [6.45, 7) is 22.6. The van der Waals surface area contributed by atoms with Gasteiger partial charge in [0.15, 0.2) is 0 Å². The molecule has 0 radical (unpaired) electrons. The summed E-state index contributed by atoms with van der Waals surface area (Å²) in [5.74, 6) is 0. The second-order valence-electron chi connectivity index (χ2n) is 14.0. The second-order valence-corrected chi connectivity index (χ2v) is 14.0. The van der Waals surface area contributed by atoms with Gasteiger partial charge in [0, 0.05) is 5.41 Å². The van der Waals surface area contributed by atoms with Crippen molar-refractivity contribution in [2.24, 2.45) is 10.8 Å². The number of allylic oxidation sites excluding steroid dienone is 1. The monoisotopic (exact) mass is 494 g/mol. The lowest BCUT2D eigenvalue weighted by Crippen LogP contribution is -2.27. The van der Waals surface area contributed by atoms with Crippen molar-refractivity contribution >= 4 is 0 Å². The van der Waals surface area contributed by atoms with E-state index in [1.54, 1.807) is 0 Å². The van der Waals surface area contributed by atoms with E-state index in [4.69, 9.17) is 0 Å². The van der Waals surface area contributed by atoms with Crippen molar-refractivity contribution in [3.8, 4) is 0 Å². The Hall–Kier alpha value is -2.60. The van der Waals surface area contributed by atoms with Crippen LogP contribution in [0.4, 0.5) is 0 Å². The van der Waals surface area contributed by atoms with Gasteiger partial charge in [0.25, 0.3) is 0 Å². The van der Waals surface area contributed by atoms with E-state index in [0.29, 0.717) is 0 Å². The van der Waals surface area contributed by atoms with E-state index in [0.717, 1.165) is 32.1 Å². The van der Waals surface area contributed by atoms with E-state index in [-0.39, 0.29) is 16.2 Å². The van der Waals surface area contributed by atoms with Gasteiger partial charge in [0.05, 0.1) is 0 Å². The normalized spacial score (nSPS) is 12.5. The zero-order valence-corrected chi connectivity index (χ0v) is 24.9. The smallest absolute Gasteiger partial charge is 0.0215 e. The molecule has 0 nitrogen and oxygen atoms in total. The van der Waals surface area contributed by atoms with Crippen molar-refractivity contribution in [1.82, 2.24) is 0 Å². The zero-order valence-electron chi connectivity index (χ0n) is 24.9. The summed E-state index contributed by atoms with van der Waals surface area (Å²) in [7, 11) is 0. The van der Waals surface area contributed by atoms with Crippen LogP contribution in [0.25, 0.3) is 0 Å². The Kier molecular flexibility index (Phi) is 9.27. The van der Waals surface area contributed by atoms with Crippen LogP contribution in [0.2, 0.25) is 0 Å². The van der Waals surface area contributed by atoms with Crippen molar-refractivity contribution in [3.05, 3.63) is 118 Å². The van der Waals surface area contributed by atoms with Gasteiger partial charge in [-0.2, -0.15) is 0 Å². The molecule has 3 aromatic carbocycles. The molecule has 0 spiro atoms. The van der Waals surface area contributed by atoms with E-state index < -0.39 is 0 Å². The van der Waals surface area contributed by atoms with Crippen molar-refractivity contribution < 1.29 is 0 Å². The average Bonchev–Trinajstić information content (AvgIpc) is 2.78. The van der Waals surface area contributed by atoms with Crippen LogP contribution in [0.1, 0.15) is 102 Å². The molecule has 0 unspecified atom stereocenters. The van der Waals surface area contributed by atoms with Gasteiger partial charge < -0.3 is 0 Å². The Bertz CT molecular complexity index is 1100. The summed E-state index contributed by atoms with van der Waals surface area (Å²) in [6, 6.07) is 28.1. The second kappa shape index (κ2) is 11.8. The first-order chi connectivity index (χ1) is 17.2. The molecule has 37 heavy (non-hydrogen) atoms. The summed E-state index contributed by atoms with van der Waals surface area (Å²) < 4.78 is 0. The SMILES string of the molecule is C=C(C)CCCc1ccc(CC(C)(c2cccc(CC(C)(C)C)c2)c2cccc(CC(C)(C)C)c2)cc1. The van der Waals surface area contributed by atoms with Crippen LogP contribution in [0, 0.1) is 10.8 Å². The molecule has 0 bridgehead atoms. The first-order valence-corrected chi connectivity index (χ1v) is 14.1. The lowest BCUT2D eigenvalue weighted by atomic mass is 9.70. The Morgan fingerprint density at radius 1 is 0.595 bits per heavy atom. The first kappa shape index (κ1) is 29.0. The summed E-state index contributed by atoms with van der Waals surface area (Å²) in [4.78, 5) is 0. The van der Waals surface area contributed by atoms with Gasteiger partial charge in [-0.25, -0.2) is 0 Å². The van der Waals surface area contributed by atoms with Gasteiger partial charge in [0.1, 0.15) is 0 Å². The predicted octanol–water partition coefficient (Wildman–Crippen LogP) is 10.3. The van der Waals surface area contributed by atoms with Gasteiger partial charge in [-0.3, -0.25) is 0 Å². The number of benzene rings is 3. The predicted molar refractivity (Wildman–Crippen MR) is 164 cm³/mol. The van der Waals surface area contributed by atoms with Crippen LogP contribution in [-0.4, -0.2) is 0 Å². The third-order valence-electron chi connectivity index (χ3n) is 7.25. The molecule has 3 aromatic rings. The molecule has 3 rings (SSSR count). The quantitative estimate of drug-likeness (QED) is 0.246. The summed E-state index contributed by atoms with van der Waals surface area (Å²) in [5, 5.41) is 0. The van der Waals surface area contributed by atoms with Crippen molar-refractivity contribution in [2.45, 2.75) is 99.3 Å². The zero-order chi connectivity index (χ0) is 27.3. The molecular weight excluding hydrogens is 444 g/mol. The first-order valence-electron chi connectivity index (χ1n) is 14.1. The number of hydrogen-bond acceptors (Lipinski definition) is 0. The highest BCUT2D eigenvalue weighted by Gasteiger charge is 2.30. The molecule has 198 valence electrons. The largest absolute Gasteiger partial charge is 0.100 e. The molecular formula is C37H50. The van der Waals surface area contributed by atoms with Crippen LogP contribution < -0.4 is 0 Å². The molecule has 0 saturated carbocycles. The van der Waals surface area contributed by atoms with Crippen LogP contribution in [-0.2, 0) is 31.1 Å². The van der Waals surface area contributed by atoms with E-state index in [1.165, 1.54) is 45.4 Å². The molecule has 0 amide bonds. The van der Waals surface area contributed by atoms with Crippen molar-refractivity contribution in [3.63, 3.8) is 0 Å². The lowest BCUT2D eigenvalue weighted by molar-refractivity contribution is 0.410. The highest BCUT2D eigenvalue weighted by molar-refractivity contribution is 5.44. The summed E-state index contributed by atoms with van der Waals surface area (Å²) in [5.41, 5.74) is 10.2. The molecule has 0 aliphatic heterocycles. The van der Waals surface area contributed by atoms with Gasteiger partial charge in [-0.05, 0) is 89.7 Å². The molecule has 0 heterocycles. The van der Waals surface area contributed by atoms with Gasteiger partial charge in [-0.15, -0.1) is 6.58 Å². The molecule has 0 atom stereocenters. The van der Waals surface area contributed by atoms with Crippen LogP contribution in [0.5, 0.6) is 0 Å². The molecule has 0 saturated heterocycles. The summed E-state index contributed by atoms with van der Waals surface area (Å²) >= 11 is 0. The fourth-order valence-corrected chi connectivity index (χ4v) is 5.47. The third kappa shape index (κ3) is 9.03. The minimum absolute atomic E-state index is 0.108. The van der Waals surface area contributed by atoms with E-state index >= 15 is 0 Å². The maximum Gasteiger partial charge on any atom is 0.0215 e. The fourth-order valence-electron chi connectivity index (χ4n) is 5.47. The highest BCUT2D eigenvalue weighted by Crippen LogP contribution is 2.38. The Labute approximate surface area is 228 Å². The topological polar surface area (TPSA) is 0 Å². The Morgan fingerprint density at radius 3 is 1.49 bits per heavy atom. The molecule has 0 heteroatoms. The number of rotatable bonds is 10. The average molecular weight is 495 g/mol. The highest BCUT2D eigenvalue weighted by atomic mass is 14.3. The third-order valence-corrected chi connectivity index (χ3v) is 7.25. The molecule has 0 aliphatic rings. The molecule has 0 aliphatic carbocycles. The lowest BCUT2D eigenvalue weighted by Gasteiger charge is -2.33.